The van der Waals surface area contributed by atoms with Crippen molar-refractivity contribution in [2.75, 3.05) is 20.6 Å². The van der Waals surface area contributed by atoms with Crippen LogP contribution in [0, 0.1) is 5.92 Å². The number of nitrogens with one attached hydrogen (secondary N) is 2. The Hall–Kier alpha value is -4.78. The fraction of sp³-hybridized carbons (Fsp3) is 0.625. The van der Waals surface area contributed by atoms with Gasteiger partial charge >= 0.3 is 0 Å². The first-order chi connectivity index (χ1) is 29.1. The highest BCUT2D eigenvalue weighted by molar-refractivity contribution is 5.96. The molecule has 0 aromatic heterocycles. The Morgan fingerprint density at radius 2 is 1.33 bits per heavy atom. The monoisotopic (exact) mass is 848 g/mol. The molecule has 61 heavy (non-hydrogen) atoms. The number of aromatic hydroxyl groups is 2. The molecule has 4 bridgehead atoms. The molecule has 6 N–H and O–H groups in total. The Labute approximate surface area is 363 Å². The van der Waals surface area contributed by atoms with Crippen molar-refractivity contribution in [2.24, 2.45) is 11.7 Å². The van der Waals surface area contributed by atoms with Crippen LogP contribution in [0.3, 0.4) is 0 Å². The molecule has 0 radical (unpaired) electrons. The normalized spacial score (nSPS) is 17.7. The third kappa shape index (κ3) is 15.9. The number of fused-ring (bicyclic) bond motifs is 5. The number of hydrogen-bond acceptors (Lipinski definition) is 9. The number of carbonyl (C=O) groups is 6. The Bertz CT molecular complexity index is 1780. The second-order valence-electron chi connectivity index (χ2n) is 17.2. The van der Waals surface area contributed by atoms with Gasteiger partial charge in [0.15, 0.2) is 11.6 Å². The van der Waals surface area contributed by atoms with Gasteiger partial charge in [-0.3, -0.25) is 28.8 Å². The number of likely N-dealkylation sites (N-methyl/N-ethyl adjacent to an activating group) is 2. The first kappa shape index (κ1) is 50.6. The lowest BCUT2D eigenvalue weighted by Crippen LogP contribution is -2.54. The Balaban J connectivity index is 1.57. The standard InChI is InChI=1S/C48H73N5O8/c1-7-8-9-10-11-12-13-14-15-16-17-18-19-20-44(58)52(5)39(31-49)48(61)51-34(4)40(54)25-26-45(59)53(6)46-36-22-24-42(56)38(30-36)37-29-35(21-23-41(37)55)28-33(3)50-47(60)32(2)27-43(46)57/h21-24,29-30,32-34,39,46,55-56H,7-20,25-28,31,49H2,1-6H3,(H,50,60)(H,51,61)/t32-,33-,34-,39-,46+/m1/s1. The number of carbonyl (C=O) groups excluding carboxylic acids is 6. The number of rotatable bonds is 23. The molecule has 13 heteroatoms. The van der Waals surface area contributed by atoms with E-state index in [4.69, 9.17) is 5.73 Å². The van der Waals surface area contributed by atoms with Crippen LogP contribution in [0.2, 0.25) is 0 Å². The predicted octanol–water partition coefficient (Wildman–Crippen LogP) is 7.04. The Morgan fingerprint density at radius 1 is 0.770 bits per heavy atom. The van der Waals surface area contributed by atoms with E-state index in [1.807, 2.05) is 6.92 Å². The maximum absolute atomic E-state index is 14.0. The molecule has 4 amide bonds. The molecule has 2 aromatic carbocycles. The van der Waals surface area contributed by atoms with E-state index >= 15 is 0 Å². The molecule has 0 aliphatic carbocycles. The van der Waals surface area contributed by atoms with Gasteiger partial charge in [-0.15, -0.1) is 0 Å². The van der Waals surface area contributed by atoms with Crippen LogP contribution in [0.25, 0.3) is 11.1 Å². The molecule has 5 atom stereocenters. The lowest BCUT2D eigenvalue weighted by molar-refractivity contribution is -0.141. The van der Waals surface area contributed by atoms with E-state index < -0.39 is 47.4 Å². The number of phenols is 2. The van der Waals surface area contributed by atoms with Gasteiger partial charge in [0.25, 0.3) is 0 Å². The first-order valence-electron chi connectivity index (χ1n) is 22.6. The van der Waals surface area contributed by atoms with Crippen molar-refractivity contribution in [3.05, 3.63) is 47.5 Å². The van der Waals surface area contributed by atoms with Gasteiger partial charge in [0, 0.05) is 69.4 Å². The number of nitrogens with zero attached hydrogens (tertiary/aromatic N) is 2. The van der Waals surface area contributed by atoms with Gasteiger partial charge in [-0.1, -0.05) is 103 Å². The smallest absolute Gasteiger partial charge is 0.244 e. The first-order valence-corrected chi connectivity index (χ1v) is 22.6. The van der Waals surface area contributed by atoms with Crippen LogP contribution >= 0.6 is 0 Å². The van der Waals surface area contributed by atoms with Crippen molar-refractivity contribution >= 4 is 35.2 Å². The molecule has 0 fully saturated rings. The van der Waals surface area contributed by atoms with E-state index in [0.29, 0.717) is 24.0 Å². The van der Waals surface area contributed by atoms with E-state index in [1.165, 1.54) is 99.8 Å². The number of phenolic OH excluding ortho intramolecular Hbond substituents is 2. The summed E-state index contributed by atoms with van der Waals surface area (Å²) in [5.74, 6) is -3.41. The van der Waals surface area contributed by atoms with Crippen LogP contribution < -0.4 is 16.4 Å². The van der Waals surface area contributed by atoms with E-state index in [2.05, 4.69) is 17.6 Å². The molecular formula is C48H73N5O8. The maximum atomic E-state index is 14.0. The molecule has 1 aliphatic heterocycles. The number of nitrogens with two attached hydrogens (primary N) is 1. The summed E-state index contributed by atoms with van der Waals surface area (Å²) in [6.45, 7) is 7.09. The average molecular weight is 848 g/mol. The van der Waals surface area contributed by atoms with Gasteiger partial charge in [0.05, 0.1) is 6.04 Å². The molecule has 2 aromatic rings. The van der Waals surface area contributed by atoms with E-state index in [9.17, 15) is 39.0 Å². The number of hydrogen-bond donors (Lipinski definition) is 5. The summed E-state index contributed by atoms with van der Waals surface area (Å²) in [4.78, 5) is 82.9. The van der Waals surface area contributed by atoms with Crippen molar-refractivity contribution in [3.63, 3.8) is 0 Å². The van der Waals surface area contributed by atoms with Crippen molar-refractivity contribution < 1.29 is 39.0 Å². The lowest BCUT2D eigenvalue weighted by Gasteiger charge is -2.30. The molecule has 1 aliphatic rings. The molecule has 13 nitrogen and oxygen atoms in total. The predicted molar refractivity (Wildman–Crippen MR) is 239 cm³/mol. The van der Waals surface area contributed by atoms with Gasteiger partial charge in [-0.2, -0.15) is 0 Å². The summed E-state index contributed by atoms with van der Waals surface area (Å²) in [5, 5.41) is 27.3. The van der Waals surface area contributed by atoms with Crippen LogP contribution in [-0.2, 0) is 35.2 Å². The molecule has 338 valence electrons. The molecule has 0 unspecified atom stereocenters. The van der Waals surface area contributed by atoms with E-state index in [-0.39, 0.29) is 60.7 Å². The maximum Gasteiger partial charge on any atom is 0.244 e. The highest BCUT2D eigenvalue weighted by atomic mass is 16.3. The van der Waals surface area contributed by atoms with Crippen LogP contribution in [0.1, 0.15) is 154 Å². The number of unbranched alkanes of at least 4 members (excludes halogenated alkanes) is 12. The zero-order valence-electron chi connectivity index (χ0n) is 37.6. The van der Waals surface area contributed by atoms with Crippen LogP contribution in [0.15, 0.2) is 36.4 Å². The number of ketones is 2. The van der Waals surface area contributed by atoms with Crippen LogP contribution in [0.5, 0.6) is 11.5 Å². The third-order valence-corrected chi connectivity index (χ3v) is 12.0. The van der Waals surface area contributed by atoms with Crippen LogP contribution in [0.4, 0.5) is 0 Å². The van der Waals surface area contributed by atoms with E-state index in [1.54, 1.807) is 32.2 Å². The second-order valence-corrected chi connectivity index (χ2v) is 17.2. The minimum absolute atomic E-state index is 0.0957. The minimum atomic E-state index is -1.18. The molecule has 0 spiro atoms. The highest BCUT2D eigenvalue weighted by Gasteiger charge is 2.33. The number of amides is 4. The zero-order valence-corrected chi connectivity index (χ0v) is 37.6. The van der Waals surface area contributed by atoms with E-state index in [0.717, 1.165) is 31.2 Å². The summed E-state index contributed by atoms with van der Waals surface area (Å²) in [7, 11) is 2.98. The van der Waals surface area contributed by atoms with Gasteiger partial charge in [-0.05, 0) is 62.1 Å². The molecule has 3 rings (SSSR count). The summed E-state index contributed by atoms with van der Waals surface area (Å²) < 4.78 is 0. The molecular weight excluding hydrogens is 775 g/mol. The SMILES string of the molecule is CCCCCCCCCCCCCCCC(=O)N(C)[C@H](CN)C(=O)N[C@H](C)C(=O)CCC(=O)N(C)[C@@H]1C(=O)C[C@@H](C)C(=O)N[C@H](C)Cc2ccc(O)c(c2)-c2cc1ccc2O. The zero-order chi connectivity index (χ0) is 45.1. The van der Waals surface area contributed by atoms with Crippen molar-refractivity contribution in [3.8, 4) is 22.6 Å². The minimum Gasteiger partial charge on any atom is -0.507 e. The Morgan fingerprint density at radius 3 is 1.92 bits per heavy atom. The summed E-state index contributed by atoms with van der Waals surface area (Å²) in [6.07, 6.45) is 15.6. The lowest BCUT2D eigenvalue weighted by atomic mass is 9.90. The quantitative estimate of drug-likeness (QED) is 0.0728. The summed E-state index contributed by atoms with van der Waals surface area (Å²) in [6, 6.07) is 6.01. The third-order valence-electron chi connectivity index (χ3n) is 12.0. The van der Waals surface area contributed by atoms with Crippen LogP contribution in [-0.4, -0.2) is 94.0 Å². The van der Waals surface area contributed by atoms with Gasteiger partial charge in [-0.25, -0.2) is 0 Å². The molecule has 0 saturated carbocycles. The fourth-order valence-corrected chi connectivity index (χ4v) is 8.03. The van der Waals surface area contributed by atoms with Gasteiger partial charge in [0.1, 0.15) is 23.6 Å². The van der Waals surface area contributed by atoms with Gasteiger partial charge in [0.2, 0.25) is 23.6 Å². The fourth-order valence-electron chi connectivity index (χ4n) is 8.03. The highest BCUT2D eigenvalue weighted by Crippen LogP contribution is 2.39. The average Bonchev–Trinajstić information content (AvgIpc) is 3.22. The van der Waals surface area contributed by atoms with Crippen molar-refractivity contribution in [1.29, 1.82) is 0 Å². The van der Waals surface area contributed by atoms with Crippen molar-refractivity contribution in [1.82, 2.24) is 20.4 Å². The molecule has 0 saturated heterocycles. The second kappa shape index (κ2) is 25.9. The Kier molecular flexibility index (Phi) is 21.4. The summed E-state index contributed by atoms with van der Waals surface area (Å²) >= 11 is 0. The molecule has 1 heterocycles. The topological polar surface area (TPSA) is 199 Å². The number of benzene rings is 2. The summed E-state index contributed by atoms with van der Waals surface area (Å²) in [5.41, 5.74) is 7.68. The van der Waals surface area contributed by atoms with Gasteiger partial charge < -0.3 is 36.4 Å². The number of Topliss-reactive ketones (excluding diaryl/α,β-unsaturated/α-hetero) is 2. The largest absolute Gasteiger partial charge is 0.507 e. The van der Waals surface area contributed by atoms with Crippen molar-refractivity contribution in [2.45, 2.75) is 167 Å².